The van der Waals surface area contributed by atoms with Gasteiger partial charge < -0.3 is 13.9 Å². The maximum Gasteiger partial charge on any atom is 0.305 e. The van der Waals surface area contributed by atoms with E-state index in [0.717, 1.165) is 10.4 Å². The molecule has 2 aromatic rings. The van der Waals surface area contributed by atoms with Gasteiger partial charge in [-0.25, -0.2) is 4.39 Å². The highest BCUT2D eigenvalue weighted by molar-refractivity contribution is 6.99. The van der Waals surface area contributed by atoms with Gasteiger partial charge in [0.05, 0.1) is 12.7 Å². The highest BCUT2D eigenvalue weighted by atomic mass is 28.4. The quantitative estimate of drug-likeness (QED) is 0.533. The molecule has 0 radical (unpaired) electrons. The molecule has 1 aliphatic rings. The highest BCUT2D eigenvalue weighted by Crippen LogP contribution is 2.37. The monoisotopic (exact) mass is 416 g/mol. The minimum absolute atomic E-state index is 0.149. The Hall–Kier alpha value is -2.02. The summed E-state index contributed by atoms with van der Waals surface area (Å²) >= 11 is 0. The molecular weight excluding hydrogens is 387 g/mol. The van der Waals surface area contributed by atoms with E-state index in [0.29, 0.717) is 0 Å². The predicted molar refractivity (Wildman–Crippen MR) is 114 cm³/mol. The van der Waals surface area contributed by atoms with Gasteiger partial charge in [0, 0.05) is 13.3 Å². The number of esters is 1. The molecule has 1 fully saturated rings. The minimum atomic E-state index is -2.70. The fourth-order valence-electron chi connectivity index (χ4n) is 4.04. The molecule has 1 aliphatic heterocycles. The SMILES string of the molecule is CC(=O)O[C@H]1O[C@@H](CO[Si](c2ccccc2)(c2ccccc2)C(C)(C)C)C[C@@H]1F. The largest absolute Gasteiger partial charge is 0.433 e. The fourth-order valence-corrected chi connectivity index (χ4v) is 8.64. The Morgan fingerprint density at radius 1 is 1.07 bits per heavy atom. The second kappa shape index (κ2) is 8.77. The Bertz CT molecular complexity index is 767. The van der Waals surface area contributed by atoms with E-state index in [1.807, 2.05) is 36.4 Å². The Morgan fingerprint density at radius 3 is 2.03 bits per heavy atom. The molecule has 6 heteroatoms. The van der Waals surface area contributed by atoms with Crippen LogP contribution < -0.4 is 10.4 Å². The Kier molecular flexibility index (Phi) is 6.56. The van der Waals surface area contributed by atoms with Crippen molar-refractivity contribution < 1.29 is 23.1 Å². The van der Waals surface area contributed by atoms with Crippen LogP contribution in [-0.4, -0.2) is 39.5 Å². The molecule has 0 saturated carbocycles. The Balaban J connectivity index is 1.92. The van der Waals surface area contributed by atoms with E-state index < -0.39 is 32.9 Å². The summed E-state index contributed by atoms with van der Waals surface area (Å²) in [5.74, 6) is -0.550. The van der Waals surface area contributed by atoms with Crippen molar-refractivity contribution in [1.29, 1.82) is 0 Å². The van der Waals surface area contributed by atoms with Crippen molar-refractivity contribution in [3.05, 3.63) is 60.7 Å². The molecular formula is C23H29FO4Si. The van der Waals surface area contributed by atoms with Crippen molar-refractivity contribution in [1.82, 2.24) is 0 Å². The summed E-state index contributed by atoms with van der Waals surface area (Å²) in [5.41, 5.74) is 0. The van der Waals surface area contributed by atoms with E-state index in [9.17, 15) is 9.18 Å². The number of carbonyl (C=O) groups excluding carboxylic acids is 1. The molecule has 1 heterocycles. The molecule has 0 unspecified atom stereocenters. The van der Waals surface area contributed by atoms with Gasteiger partial charge in [-0.05, 0) is 15.4 Å². The van der Waals surface area contributed by atoms with Gasteiger partial charge in [-0.3, -0.25) is 4.79 Å². The van der Waals surface area contributed by atoms with Crippen LogP contribution in [0.1, 0.15) is 34.1 Å². The van der Waals surface area contributed by atoms with Gasteiger partial charge in [0.1, 0.15) is 0 Å². The summed E-state index contributed by atoms with van der Waals surface area (Å²) in [4.78, 5) is 11.2. The Morgan fingerprint density at radius 2 is 1.59 bits per heavy atom. The molecule has 156 valence electrons. The maximum absolute atomic E-state index is 14.3. The van der Waals surface area contributed by atoms with Gasteiger partial charge in [-0.2, -0.15) is 0 Å². The van der Waals surface area contributed by atoms with Gasteiger partial charge in [0.15, 0.2) is 6.17 Å². The van der Waals surface area contributed by atoms with Gasteiger partial charge in [0.25, 0.3) is 8.32 Å². The molecule has 0 amide bonds. The maximum atomic E-state index is 14.3. The zero-order chi connectivity index (χ0) is 21.1. The summed E-state index contributed by atoms with van der Waals surface area (Å²) < 4.78 is 31.6. The second-order valence-electron chi connectivity index (χ2n) is 8.46. The van der Waals surface area contributed by atoms with Gasteiger partial charge >= 0.3 is 5.97 Å². The summed E-state index contributed by atoms with van der Waals surface area (Å²) in [7, 11) is -2.70. The molecule has 2 aromatic carbocycles. The number of hydrogen-bond acceptors (Lipinski definition) is 4. The van der Waals surface area contributed by atoms with Crippen LogP contribution in [0.4, 0.5) is 4.39 Å². The smallest absolute Gasteiger partial charge is 0.305 e. The molecule has 0 bridgehead atoms. The molecule has 0 N–H and O–H groups in total. The molecule has 1 saturated heterocycles. The lowest BCUT2D eigenvalue weighted by Gasteiger charge is -2.43. The number of carbonyl (C=O) groups is 1. The number of alkyl halides is 1. The lowest BCUT2D eigenvalue weighted by Crippen LogP contribution is -2.67. The molecule has 3 atom stereocenters. The molecule has 0 spiro atoms. The van der Waals surface area contributed by atoms with E-state index in [1.165, 1.54) is 6.92 Å². The van der Waals surface area contributed by atoms with E-state index in [-0.39, 0.29) is 18.1 Å². The molecule has 4 nitrogen and oxygen atoms in total. The summed E-state index contributed by atoms with van der Waals surface area (Å²) in [6, 6.07) is 20.5. The second-order valence-corrected chi connectivity index (χ2v) is 12.8. The lowest BCUT2D eigenvalue weighted by atomic mass is 10.2. The number of ether oxygens (including phenoxy) is 2. The van der Waals surface area contributed by atoms with E-state index >= 15 is 0 Å². The van der Waals surface area contributed by atoms with Crippen LogP contribution in [0.15, 0.2) is 60.7 Å². The van der Waals surface area contributed by atoms with E-state index in [1.54, 1.807) is 0 Å². The average molecular weight is 417 g/mol. The highest BCUT2D eigenvalue weighted by Gasteiger charge is 2.51. The van der Waals surface area contributed by atoms with Crippen molar-refractivity contribution in [2.24, 2.45) is 0 Å². The number of halogens is 1. The van der Waals surface area contributed by atoms with Crippen LogP contribution in [0.25, 0.3) is 0 Å². The third-order valence-corrected chi connectivity index (χ3v) is 10.3. The Labute approximate surface area is 173 Å². The molecule has 3 rings (SSSR count). The third-order valence-electron chi connectivity index (χ3n) is 5.29. The fraction of sp³-hybridized carbons (Fsp3) is 0.435. The zero-order valence-electron chi connectivity index (χ0n) is 17.4. The summed E-state index contributed by atoms with van der Waals surface area (Å²) in [6.07, 6.45) is -2.81. The van der Waals surface area contributed by atoms with Crippen LogP contribution in [-0.2, 0) is 18.7 Å². The molecule has 0 aliphatic carbocycles. The van der Waals surface area contributed by atoms with Crippen LogP contribution in [0.3, 0.4) is 0 Å². The van der Waals surface area contributed by atoms with Gasteiger partial charge in [0.2, 0.25) is 6.29 Å². The first-order valence-electron chi connectivity index (χ1n) is 9.96. The zero-order valence-corrected chi connectivity index (χ0v) is 18.4. The van der Waals surface area contributed by atoms with Gasteiger partial charge in [-0.1, -0.05) is 81.4 Å². The lowest BCUT2D eigenvalue weighted by molar-refractivity contribution is -0.181. The van der Waals surface area contributed by atoms with Crippen LogP contribution in [0.5, 0.6) is 0 Å². The molecule has 0 aromatic heterocycles. The predicted octanol–water partition coefficient (Wildman–Crippen LogP) is 3.58. The van der Waals surface area contributed by atoms with E-state index in [2.05, 4.69) is 45.0 Å². The third kappa shape index (κ3) is 4.60. The van der Waals surface area contributed by atoms with Crippen LogP contribution in [0, 0.1) is 0 Å². The normalized spacial score (nSPS) is 22.4. The van der Waals surface area contributed by atoms with Crippen LogP contribution in [0.2, 0.25) is 5.04 Å². The van der Waals surface area contributed by atoms with Crippen molar-refractivity contribution in [2.75, 3.05) is 6.61 Å². The first-order chi connectivity index (χ1) is 13.7. The molecule has 29 heavy (non-hydrogen) atoms. The van der Waals surface area contributed by atoms with Crippen molar-refractivity contribution in [3.8, 4) is 0 Å². The van der Waals surface area contributed by atoms with Crippen molar-refractivity contribution in [2.45, 2.75) is 57.7 Å². The first-order valence-corrected chi connectivity index (χ1v) is 11.9. The summed E-state index contributed by atoms with van der Waals surface area (Å²) in [5, 5.41) is 2.15. The van der Waals surface area contributed by atoms with Gasteiger partial charge in [-0.15, -0.1) is 0 Å². The standard InChI is InChI=1S/C23H29FO4Si/c1-17(25)27-22-21(24)15-18(28-22)16-26-29(23(2,3)4,19-11-7-5-8-12-19)20-13-9-6-10-14-20/h5-14,18,21-22H,15-16H2,1-4H3/t18-,21+,22+/m1/s1. The average Bonchev–Trinajstić information content (AvgIpc) is 3.01. The number of benzene rings is 2. The first kappa shape index (κ1) is 21.7. The van der Waals surface area contributed by atoms with Crippen molar-refractivity contribution in [3.63, 3.8) is 0 Å². The van der Waals surface area contributed by atoms with E-state index in [4.69, 9.17) is 13.9 Å². The van der Waals surface area contributed by atoms with Crippen LogP contribution >= 0.6 is 0 Å². The topological polar surface area (TPSA) is 44.8 Å². The van der Waals surface area contributed by atoms with Crippen molar-refractivity contribution >= 4 is 24.7 Å². The number of hydrogen-bond donors (Lipinski definition) is 0. The summed E-state index contributed by atoms with van der Waals surface area (Å²) in [6.45, 7) is 8.06. The number of rotatable bonds is 6. The minimum Gasteiger partial charge on any atom is -0.433 e.